The molecule has 4 nitrogen and oxygen atoms in total. The van der Waals surface area contributed by atoms with Crippen LogP contribution in [0, 0.1) is 5.82 Å². The number of anilines is 1. The molecule has 0 aromatic heterocycles. The number of nitrogens with zero attached hydrogens (tertiary/aromatic N) is 1. The van der Waals surface area contributed by atoms with Gasteiger partial charge >= 0.3 is 0 Å². The molecule has 2 aliphatic rings. The Morgan fingerprint density at radius 2 is 1.91 bits per heavy atom. The number of carbonyl (C=O) groups excluding carboxylic acids is 2. The van der Waals surface area contributed by atoms with Crippen LogP contribution in [-0.4, -0.2) is 18.9 Å². The maximum absolute atomic E-state index is 14.1. The van der Waals surface area contributed by atoms with Gasteiger partial charge in [-0.25, -0.2) is 4.39 Å². The first-order valence-electron chi connectivity index (χ1n) is 11.0. The third-order valence-corrected chi connectivity index (χ3v) is 7.26. The molecule has 6 heteroatoms. The summed E-state index contributed by atoms with van der Waals surface area (Å²) in [6.07, 6.45) is 4.56. The molecule has 1 aliphatic heterocycles. The van der Waals surface area contributed by atoms with Gasteiger partial charge in [0.2, 0.25) is 0 Å². The minimum Gasteiger partial charge on any atom is -0.345 e. The van der Waals surface area contributed by atoms with Crippen LogP contribution in [0.15, 0.2) is 76.5 Å². The number of thioether (sulfide) groups is 1. The molecule has 2 amide bonds. The SMILES string of the molecule is CN1C(=O)/C(=C/c2ccccc2F)Sc2ccc(C(=O)N[C@H]3CCCc4ccccc43)cc21. The van der Waals surface area contributed by atoms with Gasteiger partial charge in [-0.05, 0) is 60.7 Å². The van der Waals surface area contributed by atoms with E-state index in [1.54, 1.807) is 43.5 Å². The summed E-state index contributed by atoms with van der Waals surface area (Å²) in [6, 6.07) is 20.0. The normalized spacial score (nSPS) is 18.6. The zero-order valence-electron chi connectivity index (χ0n) is 18.2. The largest absolute Gasteiger partial charge is 0.345 e. The van der Waals surface area contributed by atoms with Crippen LogP contribution in [0.5, 0.6) is 0 Å². The zero-order chi connectivity index (χ0) is 22.9. The van der Waals surface area contributed by atoms with E-state index in [9.17, 15) is 14.0 Å². The van der Waals surface area contributed by atoms with Crippen molar-refractivity contribution in [2.45, 2.75) is 30.2 Å². The highest BCUT2D eigenvalue weighted by Gasteiger charge is 2.28. The molecular formula is C27H23FN2O2S. The molecule has 0 saturated carbocycles. The van der Waals surface area contributed by atoms with Gasteiger partial charge in [-0.1, -0.05) is 54.2 Å². The maximum atomic E-state index is 14.1. The highest BCUT2D eigenvalue weighted by atomic mass is 32.2. The van der Waals surface area contributed by atoms with Crippen LogP contribution in [0.1, 0.15) is 45.9 Å². The number of fused-ring (bicyclic) bond motifs is 2. The second kappa shape index (κ2) is 8.87. The summed E-state index contributed by atoms with van der Waals surface area (Å²) in [5, 5.41) is 3.17. The Labute approximate surface area is 196 Å². The number of halogens is 1. The molecule has 1 heterocycles. The lowest BCUT2D eigenvalue weighted by Gasteiger charge is -2.28. The Hall–Kier alpha value is -3.38. The number of hydrogen-bond donors (Lipinski definition) is 1. The van der Waals surface area contributed by atoms with E-state index >= 15 is 0 Å². The van der Waals surface area contributed by atoms with Crippen molar-refractivity contribution in [1.29, 1.82) is 0 Å². The van der Waals surface area contributed by atoms with E-state index in [1.165, 1.54) is 33.9 Å². The van der Waals surface area contributed by atoms with Gasteiger partial charge in [-0.15, -0.1) is 0 Å². The lowest BCUT2D eigenvalue weighted by atomic mass is 9.87. The monoisotopic (exact) mass is 458 g/mol. The summed E-state index contributed by atoms with van der Waals surface area (Å²) in [4.78, 5) is 28.8. The second-order valence-corrected chi connectivity index (χ2v) is 9.38. The maximum Gasteiger partial charge on any atom is 0.264 e. The summed E-state index contributed by atoms with van der Waals surface area (Å²) in [6.45, 7) is 0. The van der Waals surface area contributed by atoms with Gasteiger partial charge in [-0.3, -0.25) is 9.59 Å². The summed E-state index contributed by atoms with van der Waals surface area (Å²) in [5.74, 6) is -0.754. The molecule has 0 radical (unpaired) electrons. The Bertz CT molecular complexity index is 1290. The molecule has 1 atom stereocenters. The topological polar surface area (TPSA) is 49.4 Å². The predicted octanol–water partition coefficient (Wildman–Crippen LogP) is 5.74. The van der Waals surface area contributed by atoms with E-state index in [-0.39, 0.29) is 23.7 Å². The van der Waals surface area contributed by atoms with Gasteiger partial charge in [0.15, 0.2) is 0 Å². The van der Waals surface area contributed by atoms with Crippen LogP contribution < -0.4 is 10.2 Å². The average Bonchev–Trinajstić information content (AvgIpc) is 2.84. The van der Waals surface area contributed by atoms with Crippen molar-refractivity contribution in [3.8, 4) is 0 Å². The van der Waals surface area contributed by atoms with Gasteiger partial charge < -0.3 is 10.2 Å². The van der Waals surface area contributed by atoms with Crippen LogP contribution >= 0.6 is 11.8 Å². The van der Waals surface area contributed by atoms with E-state index in [0.29, 0.717) is 21.7 Å². The van der Waals surface area contributed by atoms with Crippen LogP contribution in [0.25, 0.3) is 6.08 Å². The third-order valence-electron chi connectivity index (χ3n) is 6.18. The van der Waals surface area contributed by atoms with Crippen LogP contribution in [0.3, 0.4) is 0 Å². The molecule has 5 rings (SSSR count). The summed E-state index contributed by atoms with van der Waals surface area (Å²) in [7, 11) is 1.68. The van der Waals surface area contributed by atoms with E-state index < -0.39 is 0 Å². The fraction of sp³-hybridized carbons (Fsp3) is 0.185. The Morgan fingerprint density at radius 3 is 2.76 bits per heavy atom. The molecule has 1 aliphatic carbocycles. The fourth-order valence-corrected chi connectivity index (χ4v) is 5.50. The molecule has 166 valence electrons. The number of likely N-dealkylation sites (N-methyl/N-ethyl adjacent to an activating group) is 1. The van der Waals surface area contributed by atoms with Crippen LogP contribution in [0.4, 0.5) is 10.1 Å². The van der Waals surface area contributed by atoms with Crippen molar-refractivity contribution in [2.75, 3.05) is 11.9 Å². The van der Waals surface area contributed by atoms with Crippen molar-refractivity contribution in [3.63, 3.8) is 0 Å². The molecule has 0 spiro atoms. The van der Waals surface area contributed by atoms with Crippen LogP contribution in [-0.2, 0) is 11.2 Å². The van der Waals surface area contributed by atoms with E-state index in [0.717, 1.165) is 24.2 Å². The van der Waals surface area contributed by atoms with Crippen LogP contribution in [0.2, 0.25) is 0 Å². The molecule has 0 fully saturated rings. The van der Waals surface area contributed by atoms with Gasteiger partial charge in [0.25, 0.3) is 11.8 Å². The quantitative estimate of drug-likeness (QED) is 0.509. The highest BCUT2D eigenvalue weighted by molar-refractivity contribution is 8.04. The standard InChI is InChI=1S/C27H23FN2O2S/c1-30-23-15-19(26(31)29-22-12-6-9-17-7-2-4-10-20(17)22)13-14-24(23)33-25(27(30)32)16-18-8-3-5-11-21(18)28/h2-5,7-8,10-11,13-16,22H,6,9,12H2,1H3,(H,29,31)/b25-16-/t22-/m0/s1. The molecule has 0 bridgehead atoms. The van der Waals surface area contributed by atoms with Crippen molar-refractivity contribution in [3.05, 3.63) is 99.7 Å². The average molecular weight is 459 g/mol. The fourth-order valence-electron chi connectivity index (χ4n) is 4.41. The molecule has 1 N–H and O–H groups in total. The summed E-state index contributed by atoms with van der Waals surface area (Å²) in [5.41, 5.74) is 4.02. The van der Waals surface area contributed by atoms with E-state index in [2.05, 4.69) is 17.4 Å². The minimum absolute atomic E-state index is 0.0116. The summed E-state index contributed by atoms with van der Waals surface area (Å²) >= 11 is 1.29. The molecule has 3 aromatic carbocycles. The number of hydrogen-bond acceptors (Lipinski definition) is 3. The summed E-state index contributed by atoms with van der Waals surface area (Å²) < 4.78 is 14.1. The van der Waals surface area contributed by atoms with Gasteiger partial charge in [-0.2, -0.15) is 0 Å². The molecule has 0 unspecified atom stereocenters. The van der Waals surface area contributed by atoms with Gasteiger partial charge in [0, 0.05) is 23.1 Å². The molecule has 33 heavy (non-hydrogen) atoms. The highest BCUT2D eigenvalue weighted by Crippen LogP contribution is 2.42. The number of aryl methyl sites for hydroxylation is 1. The lowest BCUT2D eigenvalue weighted by Crippen LogP contribution is -2.32. The molecular weight excluding hydrogens is 435 g/mol. The zero-order valence-corrected chi connectivity index (χ0v) is 19.0. The van der Waals surface area contributed by atoms with Gasteiger partial charge in [0.05, 0.1) is 16.6 Å². The number of rotatable bonds is 3. The smallest absolute Gasteiger partial charge is 0.264 e. The first-order valence-corrected chi connectivity index (χ1v) is 11.8. The van der Waals surface area contributed by atoms with Crippen molar-refractivity contribution in [1.82, 2.24) is 5.32 Å². The molecule has 3 aromatic rings. The third kappa shape index (κ3) is 4.18. The lowest BCUT2D eigenvalue weighted by molar-refractivity contribution is -0.114. The second-order valence-electron chi connectivity index (χ2n) is 8.30. The minimum atomic E-state index is -0.372. The van der Waals surface area contributed by atoms with Crippen molar-refractivity contribution in [2.24, 2.45) is 0 Å². The predicted molar refractivity (Wildman–Crippen MR) is 130 cm³/mol. The Morgan fingerprint density at radius 1 is 1.12 bits per heavy atom. The number of benzene rings is 3. The van der Waals surface area contributed by atoms with Gasteiger partial charge in [0.1, 0.15) is 5.82 Å². The first kappa shape index (κ1) is 21.5. The Kier molecular flexibility index (Phi) is 5.77. The Balaban J connectivity index is 1.39. The number of amides is 2. The number of nitrogens with one attached hydrogen (secondary N) is 1. The van der Waals surface area contributed by atoms with Crippen molar-refractivity contribution < 1.29 is 14.0 Å². The van der Waals surface area contributed by atoms with E-state index in [4.69, 9.17) is 0 Å². The van der Waals surface area contributed by atoms with Crippen molar-refractivity contribution >= 4 is 35.3 Å². The first-order chi connectivity index (χ1) is 16.0. The molecule has 0 saturated heterocycles. The van der Waals surface area contributed by atoms with E-state index in [1.807, 2.05) is 18.2 Å². The number of carbonyl (C=O) groups is 2.